The van der Waals surface area contributed by atoms with E-state index in [4.69, 9.17) is 9.90 Å². The van der Waals surface area contributed by atoms with Crippen molar-refractivity contribution in [3.63, 3.8) is 0 Å². The summed E-state index contributed by atoms with van der Waals surface area (Å²) < 4.78 is 0. The van der Waals surface area contributed by atoms with E-state index in [2.05, 4.69) is 22.8 Å². The molecular weight excluding hydrogens is 436 g/mol. The summed E-state index contributed by atoms with van der Waals surface area (Å²) in [6, 6.07) is 19.5. The highest BCUT2D eigenvalue weighted by atomic mass is 16.4. The molecule has 0 aliphatic rings. The van der Waals surface area contributed by atoms with E-state index >= 15 is 0 Å². The molecule has 3 rings (SSSR count). The number of hydrogen-bond acceptors (Lipinski definition) is 5. The van der Waals surface area contributed by atoms with E-state index in [0.717, 1.165) is 30.2 Å². The Balaban J connectivity index is 0.000000945. The number of Topliss-reactive ketones (excluding diaryl/α,β-unsaturated/α-hetero) is 1. The van der Waals surface area contributed by atoms with Gasteiger partial charge in [-0.2, -0.15) is 0 Å². The molecule has 3 aromatic carbocycles. The van der Waals surface area contributed by atoms with E-state index in [1.54, 1.807) is 12.1 Å². The number of amides is 1. The minimum atomic E-state index is -1.23. The smallest absolute Gasteiger partial charge is 0.336 e. The van der Waals surface area contributed by atoms with Crippen LogP contribution in [0.1, 0.15) is 56.0 Å². The first kappa shape index (κ1) is 25.8. The Kier molecular flexibility index (Phi) is 9.08. The highest BCUT2D eigenvalue weighted by Crippen LogP contribution is 2.18. The summed E-state index contributed by atoms with van der Waals surface area (Å²) in [6.45, 7) is 2.45. The van der Waals surface area contributed by atoms with Crippen LogP contribution in [0.3, 0.4) is 0 Å². The standard InChI is InChI=1S/C24H22N2O4.C2H4O2/c1-15(27)18-7-12-21(24(29)30)22(14-18)23(28)26-20-10-5-17(6-11-20)13-16-3-8-19(25-2)9-4-16;1-2(3)4/h3-12,14,25H,13H2,1-2H3,(H,26,28)(H,29,30);1H3,(H,3,4). The van der Waals surface area contributed by atoms with Crippen molar-refractivity contribution in [3.8, 4) is 0 Å². The summed E-state index contributed by atoms with van der Waals surface area (Å²) in [5, 5.41) is 22.6. The number of carbonyl (C=O) groups is 4. The Morgan fingerprint density at radius 1 is 0.735 bits per heavy atom. The molecule has 0 bridgehead atoms. The number of carboxylic acid groups (broad SMARTS) is 2. The fourth-order valence-electron chi connectivity index (χ4n) is 3.07. The van der Waals surface area contributed by atoms with Crippen molar-refractivity contribution >= 4 is 35.0 Å². The van der Waals surface area contributed by atoms with E-state index in [0.29, 0.717) is 5.69 Å². The van der Waals surface area contributed by atoms with E-state index < -0.39 is 17.8 Å². The lowest BCUT2D eigenvalue weighted by Crippen LogP contribution is -2.17. The van der Waals surface area contributed by atoms with Gasteiger partial charge in [0.15, 0.2) is 5.78 Å². The molecule has 0 saturated heterocycles. The molecule has 1 amide bonds. The molecule has 0 heterocycles. The number of carbonyl (C=O) groups excluding carboxylic acids is 2. The maximum Gasteiger partial charge on any atom is 0.336 e. The molecule has 0 aliphatic carbocycles. The second-order valence-electron chi connectivity index (χ2n) is 7.42. The molecule has 0 aliphatic heterocycles. The first-order valence-electron chi connectivity index (χ1n) is 10.4. The van der Waals surface area contributed by atoms with E-state index in [9.17, 15) is 19.5 Å². The van der Waals surface area contributed by atoms with Gasteiger partial charge in [0, 0.05) is 30.9 Å². The number of aliphatic carboxylic acids is 1. The third-order valence-electron chi connectivity index (χ3n) is 4.76. The van der Waals surface area contributed by atoms with Gasteiger partial charge in [0.25, 0.3) is 11.9 Å². The fraction of sp³-hybridized carbons (Fsp3) is 0.154. The number of benzene rings is 3. The van der Waals surface area contributed by atoms with Gasteiger partial charge in [-0.05, 0) is 60.9 Å². The summed E-state index contributed by atoms with van der Waals surface area (Å²) in [5.41, 5.74) is 3.91. The topological polar surface area (TPSA) is 133 Å². The van der Waals surface area contributed by atoms with Gasteiger partial charge in [-0.3, -0.25) is 14.4 Å². The van der Waals surface area contributed by atoms with Crippen LogP contribution in [0.5, 0.6) is 0 Å². The predicted octanol–water partition coefficient (Wildman–Crippen LogP) is 4.56. The van der Waals surface area contributed by atoms with Gasteiger partial charge in [0.2, 0.25) is 0 Å². The molecule has 34 heavy (non-hydrogen) atoms. The minimum absolute atomic E-state index is 0.0519. The number of hydrogen-bond donors (Lipinski definition) is 4. The van der Waals surface area contributed by atoms with E-state index in [1.807, 2.05) is 31.3 Å². The lowest BCUT2D eigenvalue weighted by atomic mass is 10.0. The quantitative estimate of drug-likeness (QED) is 0.378. The van der Waals surface area contributed by atoms with Crippen LogP contribution >= 0.6 is 0 Å². The second-order valence-corrected chi connectivity index (χ2v) is 7.42. The van der Waals surface area contributed by atoms with Gasteiger partial charge in [-0.1, -0.05) is 30.3 Å². The van der Waals surface area contributed by atoms with Crippen molar-refractivity contribution in [1.82, 2.24) is 0 Å². The molecule has 0 atom stereocenters. The molecular formula is C26H26N2O6. The summed E-state index contributed by atoms with van der Waals surface area (Å²) in [7, 11) is 1.87. The van der Waals surface area contributed by atoms with Gasteiger partial charge < -0.3 is 20.8 Å². The Morgan fingerprint density at radius 2 is 1.24 bits per heavy atom. The largest absolute Gasteiger partial charge is 0.481 e. The molecule has 0 fully saturated rings. The third kappa shape index (κ3) is 7.59. The Hall–Kier alpha value is -4.46. The zero-order valence-electron chi connectivity index (χ0n) is 19.1. The fourth-order valence-corrected chi connectivity index (χ4v) is 3.07. The van der Waals surface area contributed by atoms with Gasteiger partial charge in [-0.15, -0.1) is 0 Å². The molecule has 4 N–H and O–H groups in total. The van der Waals surface area contributed by atoms with Gasteiger partial charge in [0.05, 0.1) is 11.1 Å². The molecule has 0 aromatic heterocycles. The molecule has 0 saturated carbocycles. The number of anilines is 2. The van der Waals surface area contributed by atoms with Crippen molar-refractivity contribution in [1.29, 1.82) is 0 Å². The summed E-state index contributed by atoms with van der Waals surface area (Å²) >= 11 is 0. The zero-order valence-corrected chi connectivity index (χ0v) is 19.1. The van der Waals surface area contributed by atoms with E-state index in [-0.39, 0.29) is 22.5 Å². The van der Waals surface area contributed by atoms with Crippen molar-refractivity contribution in [2.45, 2.75) is 20.3 Å². The molecule has 0 unspecified atom stereocenters. The number of rotatable bonds is 7. The maximum absolute atomic E-state index is 12.7. The van der Waals surface area contributed by atoms with Crippen molar-refractivity contribution in [3.05, 3.63) is 94.5 Å². The molecule has 176 valence electrons. The normalized spacial score (nSPS) is 9.85. The van der Waals surface area contributed by atoms with Crippen LogP contribution in [0.4, 0.5) is 11.4 Å². The monoisotopic (exact) mass is 462 g/mol. The van der Waals surface area contributed by atoms with E-state index in [1.165, 1.54) is 25.1 Å². The van der Waals surface area contributed by atoms with Crippen molar-refractivity contribution < 1.29 is 29.4 Å². The van der Waals surface area contributed by atoms with Gasteiger partial charge >= 0.3 is 5.97 Å². The lowest BCUT2D eigenvalue weighted by molar-refractivity contribution is -0.134. The minimum Gasteiger partial charge on any atom is -0.481 e. The van der Waals surface area contributed by atoms with Crippen molar-refractivity contribution in [2.75, 3.05) is 17.7 Å². The maximum atomic E-state index is 12.7. The Bertz CT molecular complexity index is 1180. The molecule has 8 nitrogen and oxygen atoms in total. The van der Waals surface area contributed by atoms with Crippen LogP contribution in [0.25, 0.3) is 0 Å². The number of nitrogens with one attached hydrogen (secondary N) is 2. The molecule has 0 radical (unpaired) electrons. The number of ketones is 1. The third-order valence-corrected chi connectivity index (χ3v) is 4.76. The first-order valence-corrected chi connectivity index (χ1v) is 10.4. The highest BCUT2D eigenvalue weighted by Gasteiger charge is 2.18. The summed E-state index contributed by atoms with van der Waals surface area (Å²) in [4.78, 5) is 44.7. The Morgan fingerprint density at radius 3 is 1.68 bits per heavy atom. The van der Waals surface area contributed by atoms with Crippen LogP contribution in [0.15, 0.2) is 66.7 Å². The SMILES string of the molecule is CC(=O)O.CNc1ccc(Cc2ccc(NC(=O)c3cc(C(C)=O)ccc3C(=O)O)cc2)cc1. The lowest BCUT2D eigenvalue weighted by Gasteiger charge is -2.10. The predicted molar refractivity (Wildman–Crippen MR) is 130 cm³/mol. The second kappa shape index (κ2) is 12.0. The zero-order chi connectivity index (χ0) is 25.3. The first-order chi connectivity index (χ1) is 16.1. The van der Waals surface area contributed by atoms with Crippen LogP contribution in [-0.2, 0) is 11.2 Å². The average molecular weight is 463 g/mol. The summed E-state index contributed by atoms with van der Waals surface area (Å²) in [6.07, 6.45) is 0.752. The number of carboxylic acids is 2. The van der Waals surface area contributed by atoms with Crippen molar-refractivity contribution in [2.24, 2.45) is 0 Å². The molecule has 3 aromatic rings. The number of aromatic carboxylic acids is 1. The average Bonchev–Trinajstić information content (AvgIpc) is 2.80. The van der Waals surface area contributed by atoms with Gasteiger partial charge in [0.1, 0.15) is 0 Å². The van der Waals surface area contributed by atoms with Crippen LogP contribution < -0.4 is 10.6 Å². The van der Waals surface area contributed by atoms with Gasteiger partial charge in [-0.25, -0.2) is 4.79 Å². The van der Waals surface area contributed by atoms with Crippen LogP contribution in [0, 0.1) is 0 Å². The van der Waals surface area contributed by atoms with Crippen LogP contribution in [-0.4, -0.2) is 40.9 Å². The molecule has 8 heteroatoms. The molecule has 0 spiro atoms. The summed E-state index contributed by atoms with van der Waals surface area (Å²) in [5.74, 6) is -2.88. The van der Waals surface area contributed by atoms with Crippen LogP contribution in [0.2, 0.25) is 0 Å². The Labute approximate surface area is 197 Å². The highest BCUT2D eigenvalue weighted by molar-refractivity contribution is 6.12.